The first-order chi connectivity index (χ1) is 9.36. The molecule has 0 saturated heterocycles. The fourth-order valence-electron chi connectivity index (χ4n) is 2.51. The van der Waals surface area contributed by atoms with Gasteiger partial charge in [-0.15, -0.1) is 0 Å². The van der Waals surface area contributed by atoms with E-state index in [-0.39, 0.29) is 17.4 Å². The van der Waals surface area contributed by atoms with E-state index in [1.54, 1.807) is 6.07 Å². The second-order valence-electron chi connectivity index (χ2n) is 6.72. The highest BCUT2D eigenvalue weighted by Gasteiger charge is 2.24. The Morgan fingerprint density at radius 3 is 2.85 bits per heavy atom. The molecule has 0 radical (unpaired) electrons. The van der Waals surface area contributed by atoms with Crippen LogP contribution in [0.2, 0.25) is 0 Å². The summed E-state index contributed by atoms with van der Waals surface area (Å²) in [6.45, 7) is 6.63. The number of carbonyl (C=O) groups excluding carboxylic acids is 1. The molecule has 1 heterocycles. The summed E-state index contributed by atoms with van der Waals surface area (Å²) in [5.41, 5.74) is 0.172. The van der Waals surface area contributed by atoms with Crippen LogP contribution in [0.15, 0.2) is 10.6 Å². The highest BCUT2D eigenvalue weighted by Crippen LogP contribution is 2.24. The van der Waals surface area contributed by atoms with Gasteiger partial charge in [0.25, 0.3) is 5.91 Å². The Balaban J connectivity index is 1.87. The zero-order valence-corrected chi connectivity index (χ0v) is 12.5. The van der Waals surface area contributed by atoms with Crippen molar-refractivity contribution < 1.29 is 14.4 Å². The molecular weight excluding hydrogens is 256 g/mol. The Morgan fingerprint density at radius 1 is 1.50 bits per heavy atom. The molecule has 112 valence electrons. The number of nitrogens with zero attached hydrogens (tertiary/aromatic N) is 1. The summed E-state index contributed by atoms with van der Waals surface area (Å²) in [7, 11) is 0. The lowest BCUT2D eigenvalue weighted by molar-refractivity contribution is 0.0867. The molecule has 1 aromatic rings. The normalized spacial score (nSPS) is 23.6. The Labute approximate surface area is 119 Å². The number of hydrogen-bond acceptors (Lipinski definition) is 4. The number of rotatable bonds is 3. The van der Waals surface area contributed by atoms with E-state index in [9.17, 15) is 9.90 Å². The molecule has 5 nitrogen and oxygen atoms in total. The van der Waals surface area contributed by atoms with E-state index in [2.05, 4.69) is 10.5 Å². The van der Waals surface area contributed by atoms with Crippen molar-refractivity contribution in [3.05, 3.63) is 17.5 Å². The third kappa shape index (κ3) is 3.82. The number of aliphatic hydroxyl groups excluding tert-OH is 1. The Kier molecular flexibility index (Phi) is 4.48. The van der Waals surface area contributed by atoms with Crippen LogP contribution in [0.1, 0.15) is 62.7 Å². The smallest absolute Gasteiger partial charge is 0.273 e. The minimum atomic E-state index is -0.217. The van der Waals surface area contributed by atoms with Crippen LogP contribution in [-0.2, 0) is 5.41 Å². The maximum absolute atomic E-state index is 12.0. The van der Waals surface area contributed by atoms with Crippen LogP contribution in [0.4, 0.5) is 0 Å². The van der Waals surface area contributed by atoms with Gasteiger partial charge in [0, 0.05) is 18.0 Å². The van der Waals surface area contributed by atoms with E-state index in [1.165, 1.54) is 0 Å². The molecule has 0 spiro atoms. The zero-order valence-electron chi connectivity index (χ0n) is 12.5. The van der Waals surface area contributed by atoms with Gasteiger partial charge >= 0.3 is 0 Å². The molecule has 2 unspecified atom stereocenters. The number of amides is 1. The van der Waals surface area contributed by atoms with E-state index < -0.39 is 0 Å². The van der Waals surface area contributed by atoms with E-state index in [0.717, 1.165) is 25.7 Å². The van der Waals surface area contributed by atoms with Gasteiger partial charge in [-0.2, -0.15) is 0 Å². The second kappa shape index (κ2) is 5.95. The first kappa shape index (κ1) is 15.0. The molecule has 2 atom stereocenters. The summed E-state index contributed by atoms with van der Waals surface area (Å²) in [4.78, 5) is 12.0. The lowest BCUT2D eigenvalue weighted by atomic mass is 9.87. The van der Waals surface area contributed by atoms with E-state index in [1.807, 2.05) is 20.8 Å². The molecule has 1 aliphatic carbocycles. The quantitative estimate of drug-likeness (QED) is 0.890. The minimum absolute atomic E-state index is 0.154. The van der Waals surface area contributed by atoms with Gasteiger partial charge in [-0.1, -0.05) is 32.3 Å². The average Bonchev–Trinajstić information content (AvgIpc) is 2.85. The number of carbonyl (C=O) groups is 1. The molecular formula is C15H24N2O3. The average molecular weight is 280 g/mol. The van der Waals surface area contributed by atoms with Crippen LogP contribution in [0.5, 0.6) is 0 Å². The monoisotopic (exact) mass is 280 g/mol. The van der Waals surface area contributed by atoms with Crippen molar-refractivity contribution in [3.8, 4) is 0 Å². The van der Waals surface area contributed by atoms with Crippen molar-refractivity contribution >= 4 is 5.91 Å². The van der Waals surface area contributed by atoms with Gasteiger partial charge < -0.3 is 14.9 Å². The van der Waals surface area contributed by atoms with Gasteiger partial charge in [0.2, 0.25) is 0 Å². The minimum Gasteiger partial charge on any atom is -0.393 e. The largest absolute Gasteiger partial charge is 0.393 e. The van der Waals surface area contributed by atoms with Crippen molar-refractivity contribution in [3.63, 3.8) is 0 Å². The fourth-order valence-corrected chi connectivity index (χ4v) is 2.51. The maximum atomic E-state index is 12.0. The molecule has 0 aromatic carbocycles. The van der Waals surface area contributed by atoms with Crippen molar-refractivity contribution in [1.29, 1.82) is 0 Å². The molecule has 0 bridgehead atoms. The van der Waals surface area contributed by atoms with E-state index >= 15 is 0 Å². The summed E-state index contributed by atoms with van der Waals surface area (Å²) in [6, 6.07) is 1.70. The van der Waals surface area contributed by atoms with Crippen LogP contribution in [0, 0.1) is 5.92 Å². The molecule has 5 heteroatoms. The molecule has 1 aromatic heterocycles. The first-order valence-corrected chi connectivity index (χ1v) is 7.29. The van der Waals surface area contributed by atoms with Gasteiger partial charge in [-0.3, -0.25) is 4.79 Å². The summed E-state index contributed by atoms with van der Waals surface area (Å²) in [6.07, 6.45) is 3.52. The predicted molar refractivity (Wildman–Crippen MR) is 75.5 cm³/mol. The number of aromatic nitrogens is 1. The topological polar surface area (TPSA) is 75.4 Å². The van der Waals surface area contributed by atoms with Gasteiger partial charge in [-0.05, 0) is 25.2 Å². The van der Waals surface area contributed by atoms with Gasteiger partial charge in [0.1, 0.15) is 5.76 Å². The highest BCUT2D eigenvalue weighted by molar-refractivity contribution is 5.92. The zero-order chi connectivity index (χ0) is 14.8. The summed E-state index contributed by atoms with van der Waals surface area (Å²) in [5, 5.41) is 16.3. The standard InChI is InChI=1S/C15H24N2O3/c1-15(2,3)13-8-12(17-20-13)14(19)16-9-10-5-4-6-11(18)7-10/h8,10-11,18H,4-7,9H2,1-3H3,(H,16,19). The van der Waals surface area contributed by atoms with Crippen molar-refractivity contribution in [1.82, 2.24) is 10.5 Å². The third-order valence-corrected chi connectivity index (χ3v) is 3.79. The second-order valence-corrected chi connectivity index (χ2v) is 6.72. The Bertz CT molecular complexity index is 462. The molecule has 20 heavy (non-hydrogen) atoms. The highest BCUT2D eigenvalue weighted by atomic mass is 16.5. The summed E-state index contributed by atoms with van der Waals surface area (Å²) >= 11 is 0. The van der Waals surface area contributed by atoms with Gasteiger partial charge in [-0.25, -0.2) is 0 Å². The summed E-state index contributed by atoms with van der Waals surface area (Å²) < 4.78 is 5.21. The molecule has 1 aliphatic rings. The van der Waals surface area contributed by atoms with Crippen molar-refractivity contribution in [2.45, 2.75) is 58.0 Å². The molecule has 1 amide bonds. The summed E-state index contributed by atoms with van der Waals surface area (Å²) in [5.74, 6) is 0.858. The van der Waals surface area contributed by atoms with Gasteiger partial charge in [0.15, 0.2) is 5.69 Å². The number of aliphatic hydroxyl groups is 1. The van der Waals surface area contributed by atoms with E-state index in [4.69, 9.17) is 4.52 Å². The van der Waals surface area contributed by atoms with Crippen LogP contribution in [0.3, 0.4) is 0 Å². The lowest BCUT2D eigenvalue weighted by Gasteiger charge is -2.25. The lowest BCUT2D eigenvalue weighted by Crippen LogP contribution is -2.33. The Hall–Kier alpha value is -1.36. The van der Waals surface area contributed by atoms with Gasteiger partial charge in [0.05, 0.1) is 6.10 Å². The van der Waals surface area contributed by atoms with Crippen LogP contribution >= 0.6 is 0 Å². The third-order valence-electron chi connectivity index (χ3n) is 3.79. The Morgan fingerprint density at radius 2 is 2.25 bits per heavy atom. The number of hydrogen-bond donors (Lipinski definition) is 2. The first-order valence-electron chi connectivity index (χ1n) is 7.29. The molecule has 1 fully saturated rings. The predicted octanol–water partition coefficient (Wildman–Crippen LogP) is 2.25. The van der Waals surface area contributed by atoms with Crippen molar-refractivity contribution in [2.75, 3.05) is 6.54 Å². The molecule has 1 saturated carbocycles. The van der Waals surface area contributed by atoms with E-state index in [0.29, 0.717) is 23.9 Å². The maximum Gasteiger partial charge on any atom is 0.273 e. The van der Waals surface area contributed by atoms with Crippen molar-refractivity contribution in [2.24, 2.45) is 5.92 Å². The molecule has 0 aliphatic heterocycles. The molecule has 2 N–H and O–H groups in total. The fraction of sp³-hybridized carbons (Fsp3) is 0.733. The SMILES string of the molecule is CC(C)(C)c1cc(C(=O)NCC2CCCC(O)C2)no1. The molecule has 2 rings (SSSR count). The van der Waals surface area contributed by atoms with Crippen LogP contribution in [-0.4, -0.2) is 28.8 Å². The van der Waals surface area contributed by atoms with Crippen LogP contribution in [0.25, 0.3) is 0 Å². The number of nitrogens with one attached hydrogen (secondary N) is 1. The van der Waals surface area contributed by atoms with Crippen LogP contribution < -0.4 is 5.32 Å².